The molecule has 0 saturated heterocycles. The zero-order valence-corrected chi connectivity index (χ0v) is 15.7. The van der Waals surface area contributed by atoms with Crippen LogP contribution >= 0.6 is 11.8 Å². The van der Waals surface area contributed by atoms with Crippen molar-refractivity contribution in [3.05, 3.63) is 72.1 Å². The van der Waals surface area contributed by atoms with Crippen LogP contribution in [0.5, 0.6) is 5.75 Å². The third kappa shape index (κ3) is 4.61. The average Bonchev–Trinajstić information content (AvgIpc) is 2.62. The number of anilines is 1. The van der Waals surface area contributed by atoms with Crippen molar-refractivity contribution < 1.29 is 9.53 Å². The number of hydrogen-bond acceptors (Lipinski definition) is 5. The molecule has 0 unspecified atom stereocenters. The van der Waals surface area contributed by atoms with Crippen molar-refractivity contribution >= 4 is 23.5 Å². The molecule has 0 saturated carbocycles. The van der Waals surface area contributed by atoms with Gasteiger partial charge in [-0.1, -0.05) is 18.2 Å². The van der Waals surface area contributed by atoms with Crippen LogP contribution in [0.4, 0.5) is 10.5 Å². The minimum Gasteiger partial charge on any atom is -0.410 e. The number of aryl methyl sites for hydroxylation is 2. The van der Waals surface area contributed by atoms with Gasteiger partial charge in [0.15, 0.2) is 5.16 Å². The molecule has 0 bridgehead atoms. The molecule has 2 aromatic carbocycles. The Balaban J connectivity index is 1.65. The quantitative estimate of drug-likeness (QED) is 0.617. The van der Waals surface area contributed by atoms with Crippen molar-refractivity contribution in [2.24, 2.45) is 0 Å². The molecule has 0 radical (unpaired) electrons. The lowest BCUT2D eigenvalue weighted by Gasteiger charge is -2.16. The summed E-state index contributed by atoms with van der Waals surface area (Å²) < 4.78 is 5.42. The van der Waals surface area contributed by atoms with Gasteiger partial charge in [0.2, 0.25) is 0 Å². The maximum absolute atomic E-state index is 12.2. The number of aromatic nitrogens is 2. The van der Waals surface area contributed by atoms with Gasteiger partial charge in [-0.2, -0.15) is 0 Å². The van der Waals surface area contributed by atoms with Crippen LogP contribution < -0.4 is 9.64 Å². The van der Waals surface area contributed by atoms with E-state index in [4.69, 9.17) is 4.74 Å². The van der Waals surface area contributed by atoms with Gasteiger partial charge >= 0.3 is 6.09 Å². The molecule has 0 atom stereocenters. The second-order valence-corrected chi connectivity index (χ2v) is 6.81. The molecule has 0 aliphatic rings. The van der Waals surface area contributed by atoms with E-state index < -0.39 is 6.09 Å². The minimum atomic E-state index is -0.436. The molecule has 0 N–H and O–H groups in total. The van der Waals surface area contributed by atoms with E-state index >= 15 is 0 Å². The molecule has 6 heteroatoms. The summed E-state index contributed by atoms with van der Waals surface area (Å²) in [6, 6.07) is 18.6. The summed E-state index contributed by atoms with van der Waals surface area (Å²) in [5, 5.41) is 0.705. The van der Waals surface area contributed by atoms with Crippen LogP contribution in [-0.2, 0) is 0 Å². The number of hydrogen-bond donors (Lipinski definition) is 0. The average molecular weight is 365 g/mol. The van der Waals surface area contributed by atoms with Crippen LogP contribution in [0, 0.1) is 13.8 Å². The lowest BCUT2D eigenvalue weighted by Crippen LogP contribution is -2.29. The summed E-state index contributed by atoms with van der Waals surface area (Å²) >= 11 is 1.47. The lowest BCUT2D eigenvalue weighted by atomic mass is 10.3. The van der Waals surface area contributed by atoms with Crippen molar-refractivity contribution in [2.45, 2.75) is 23.9 Å². The molecule has 3 aromatic rings. The molecule has 1 amide bonds. The van der Waals surface area contributed by atoms with Gasteiger partial charge in [0.25, 0.3) is 0 Å². The molecular weight excluding hydrogens is 346 g/mol. The monoisotopic (exact) mass is 365 g/mol. The fourth-order valence-corrected chi connectivity index (χ4v) is 3.21. The van der Waals surface area contributed by atoms with E-state index in [-0.39, 0.29) is 0 Å². The summed E-state index contributed by atoms with van der Waals surface area (Å²) in [5.74, 6) is 0.489. The first kappa shape index (κ1) is 17.9. The van der Waals surface area contributed by atoms with E-state index in [0.29, 0.717) is 10.9 Å². The Morgan fingerprint density at radius 3 is 2.19 bits per heavy atom. The van der Waals surface area contributed by atoms with E-state index in [1.165, 1.54) is 16.7 Å². The first-order valence-electron chi connectivity index (χ1n) is 8.12. The van der Waals surface area contributed by atoms with Gasteiger partial charge in [0, 0.05) is 29.0 Å². The summed E-state index contributed by atoms with van der Waals surface area (Å²) in [5.41, 5.74) is 2.65. The van der Waals surface area contributed by atoms with E-state index in [0.717, 1.165) is 22.0 Å². The van der Waals surface area contributed by atoms with Crippen LogP contribution in [0.1, 0.15) is 11.4 Å². The Morgan fingerprint density at radius 2 is 1.58 bits per heavy atom. The molecule has 3 rings (SSSR count). The van der Waals surface area contributed by atoms with E-state index in [1.807, 2.05) is 62.4 Å². The highest BCUT2D eigenvalue weighted by Gasteiger charge is 2.13. The van der Waals surface area contributed by atoms with Gasteiger partial charge in [-0.25, -0.2) is 14.8 Å². The SMILES string of the molecule is Cc1cc(C)nc(Sc2ccc(OC(=O)N(C)c3ccccc3)cc2)n1. The number of ether oxygens (including phenoxy) is 1. The minimum absolute atomic E-state index is 0.436. The highest BCUT2D eigenvalue weighted by Crippen LogP contribution is 2.27. The predicted molar refractivity (Wildman–Crippen MR) is 103 cm³/mol. The maximum atomic E-state index is 12.2. The Hall–Kier alpha value is -2.86. The smallest absolute Gasteiger partial charge is 0.410 e. The zero-order valence-electron chi connectivity index (χ0n) is 14.8. The van der Waals surface area contributed by atoms with Crippen molar-refractivity contribution in [1.82, 2.24) is 9.97 Å². The van der Waals surface area contributed by atoms with Crippen LogP contribution in [0.3, 0.4) is 0 Å². The number of para-hydroxylation sites is 1. The van der Waals surface area contributed by atoms with E-state index in [9.17, 15) is 4.79 Å². The Kier molecular flexibility index (Phi) is 5.53. The van der Waals surface area contributed by atoms with E-state index in [1.54, 1.807) is 19.2 Å². The highest BCUT2D eigenvalue weighted by atomic mass is 32.2. The summed E-state index contributed by atoms with van der Waals surface area (Å²) in [6.07, 6.45) is -0.436. The summed E-state index contributed by atoms with van der Waals surface area (Å²) in [4.78, 5) is 23.5. The second-order valence-electron chi connectivity index (χ2n) is 5.77. The summed E-state index contributed by atoms with van der Waals surface area (Å²) in [7, 11) is 1.68. The van der Waals surface area contributed by atoms with Crippen LogP contribution in [0.25, 0.3) is 0 Å². The maximum Gasteiger partial charge on any atom is 0.419 e. The largest absolute Gasteiger partial charge is 0.419 e. The summed E-state index contributed by atoms with van der Waals surface area (Å²) in [6.45, 7) is 3.90. The molecule has 0 spiro atoms. The highest BCUT2D eigenvalue weighted by molar-refractivity contribution is 7.99. The van der Waals surface area contributed by atoms with Crippen molar-refractivity contribution in [2.75, 3.05) is 11.9 Å². The standard InChI is InChI=1S/C20H19N3O2S/c1-14-13-15(2)22-19(21-14)26-18-11-9-17(10-12-18)25-20(24)23(3)16-7-5-4-6-8-16/h4-13H,1-3H3. The molecule has 0 fully saturated rings. The van der Waals surface area contributed by atoms with E-state index in [2.05, 4.69) is 9.97 Å². The normalized spacial score (nSPS) is 10.4. The predicted octanol–water partition coefficient (Wildman–Crippen LogP) is 4.88. The Labute approximate surface area is 157 Å². The molecular formula is C20H19N3O2S. The second kappa shape index (κ2) is 8.01. The fraction of sp³-hybridized carbons (Fsp3) is 0.150. The molecule has 0 aliphatic heterocycles. The molecule has 5 nitrogen and oxygen atoms in total. The Morgan fingerprint density at radius 1 is 0.962 bits per heavy atom. The fourth-order valence-electron chi connectivity index (χ4n) is 2.35. The lowest BCUT2D eigenvalue weighted by molar-refractivity contribution is 0.209. The third-order valence-electron chi connectivity index (χ3n) is 3.62. The number of benzene rings is 2. The van der Waals surface area contributed by atoms with Gasteiger partial charge in [-0.05, 0) is 68.1 Å². The zero-order chi connectivity index (χ0) is 18.5. The molecule has 132 valence electrons. The van der Waals surface area contributed by atoms with Crippen molar-refractivity contribution in [3.8, 4) is 5.75 Å². The van der Waals surface area contributed by atoms with Crippen LogP contribution in [0.15, 0.2) is 70.7 Å². The first-order chi connectivity index (χ1) is 12.5. The number of rotatable bonds is 4. The van der Waals surface area contributed by atoms with Gasteiger partial charge in [0.1, 0.15) is 5.75 Å². The molecule has 1 heterocycles. The van der Waals surface area contributed by atoms with Gasteiger partial charge in [0.05, 0.1) is 0 Å². The molecule has 1 aromatic heterocycles. The number of amides is 1. The van der Waals surface area contributed by atoms with Gasteiger partial charge < -0.3 is 4.74 Å². The number of carbonyl (C=O) groups excluding carboxylic acids is 1. The number of carbonyl (C=O) groups is 1. The van der Waals surface area contributed by atoms with Crippen LogP contribution in [0.2, 0.25) is 0 Å². The van der Waals surface area contributed by atoms with Gasteiger partial charge in [-0.15, -0.1) is 0 Å². The Bertz CT molecular complexity index is 878. The first-order valence-corrected chi connectivity index (χ1v) is 8.94. The van der Waals surface area contributed by atoms with Gasteiger partial charge in [-0.3, -0.25) is 4.90 Å². The topological polar surface area (TPSA) is 55.3 Å². The molecule has 26 heavy (non-hydrogen) atoms. The van der Waals surface area contributed by atoms with Crippen molar-refractivity contribution in [1.29, 1.82) is 0 Å². The van der Waals surface area contributed by atoms with Crippen molar-refractivity contribution in [3.63, 3.8) is 0 Å². The third-order valence-corrected chi connectivity index (χ3v) is 4.49. The molecule has 0 aliphatic carbocycles. The van der Waals surface area contributed by atoms with Crippen LogP contribution in [-0.4, -0.2) is 23.1 Å². The number of nitrogens with zero attached hydrogens (tertiary/aromatic N) is 3.